The molecule has 0 aliphatic carbocycles. The molecular weight excluding hydrogens is 331 g/mol. The Bertz CT molecular complexity index is 1010. The molecule has 0 N–H and O–H groups in total. The standard InChI is InChI=1S/C17H13FN2O3S/c1-12-13(11-21)10-20(17(12)15-6-2-3-7-16(15)18)24(22,23)14-5-4-8-19-9-14/h2-11H,1H3. The molecule has 3 rings (SSSR count). The molecule has 0 atom stereocenters. The van der Waals surface area contributed by atoms with E-state index in [2.05, 4.69) is 4.98 Å². The van der Waals surface area contributed by atoms with Crippen LogP contribution in [0.2, 0.25) is 0 Å². The number of hydrogen-bond donors (Lipinski definition) is 0. The number of rotatable bonds is 4. The quantitative estimate of drug-likeness (QED) is 0.682. The zero-order valence-electron chi connectivity index (χ0n) is 12.7. The molecule has 5 nitrogen and oxygen atoms in total. The fraction of sp³-hybridized carbons (Fsp3) is 0.0588. The van der Waals surface area contributed by atoms with Crippen LogP contribution >= 0.6 is 0 Å². The maximum atomic E-state index is 14.2. The topological polar surface area (TPSA) is 69.0 Å². The first kappa shape index (κ1) is 16.1. The van der Waals surface area contributed by atoms with Crippen LogP contribution in [-0.2, 0) is 10.0 Å². The van der Waals surface area contributed by atoms with E-state index in [0.29, 0.717) is 11.8 Å². The predicted octanol–water partition coefficient (Wildman–Crippen LogP) is 3.05. The lowest BCUT2D eigenvalue weighted by Gasteiger charge is -2.12. The first-order valence-corrected chi connectivity index (χ1v) is 8.48. The molecule has 0 saturated heterocycles. The van der Waals surface area contributed by atoms with Gasteiger partial charge >= 0.3 is 0 Å². The van der Waals surface area contributed by atoms with Crippen LogP contribution in [0.5, 0.6) is 0 Å². The largest absolute Gasteiger partial charge is 0.298 e. The highest BCUT2D eigenvalue weighted by molar-refractivity contribution is 7.90. The van der Waals surface area contributed by atoms with Gasteiger partial charge in [0.2, 0.25) is 0 Å². The summed E-state index contributed by atoms with van der Waals surface area (Å²) in [4.78, 5) is 15.0. The van der Waals surface area contributed by atoms with E-state index < -0.39 is 15.8 Å². The van der Waals surface area contributed by atoms with Crippen molar-refractivity contribution in [3.8, 4) is 11.3 Å². The van der Waals surface area contributed by atoms with E-state index in [1.807, 2.05) is 0 Å². The van der Waals surface area contributed by atoms with Crippen molar-refractivity contribution in [1.29, 1.82) is 0 Å². The molecule has 2 aromatic heterocycles. The molecule has 3 aromatic rings. The van der Waals surface area contributed by atoms with Gasteiger partial charge in [-0.15, -0.1) is 0 Å². The van der Waals surface area contributed by atoms with E-state index in [1.165, 1.54) is 48.9 Å². The lowest BCUT2D eigenvalue weighted by molar-refractivity contribution is 0.112. The SMILES string of the molecule is Cc1c(C=O)cn(S(=O)(=O)c2cccnc2)c1-c1ccccc1F. The lowest BCUT2D eigenvalue weighted by Crippen LogP contribution is -2.14. The second kappa shape index (κ2) is 6.01. The van der Waals surface area contributed by atoms with Gasteiger partial charge < -0.3 is 0 Å². The van der Waals surface area contributed by atoms with Gasteiger partial charge in [-0.3, -0.25) is 9.78 Å². The van der Waals surface area contributed by atoms with Crippen molar-refractivity contribution in [3.63, 3.8) is 0 Å². The molecule has 0 saturated carbocycles. The van der Waals surface area contributed by atoms with E-state index in [0.717, 1.165) is 3.97 Å². The second-order valence-corrected chi connectivity index (χ2v) is 6.96. The Hall–Kier alpha value is -2.80. The molecule has 0 fully saturated rings. The summed E-state index contributed by atoms with van der Waals surface area (Å²) in [5.74, 6) is -0.571. The fourth-order valence-electron chi connectivity index (χ4n) is 2.49. The number of benzene rings is 1. The van der Waals surface area contributed by atoms with Crippen LogP contribution in [0, 0.1) is 12.7 Å². The van der Waals surface area contributed by atoms with Crippen molar-refractivity contribution < 1.29 is 17.6 Å². The van der Waals surface area contributed by atoms with Crippen molar-refractivity contribution in [3.05, 3.63) is 71.9 Å². The number of aldehydes is 1. The number of halogens is 1. The molecule has 0 unspecified atom stereocenters. The third-order valence-electron chi connectivity index (χ3n) is 3.71. The average molecular weight is 344 g/mol. The molecule has 0 aliphatic heterocycles. The van der Waals surface area contributed by atoms with E-state index in [1.54, 1.807) is 13.0 Å². The molecule has 0 spiro atoms. The predicted molar refractivity (Wildman–Crippen MR) is 86.8 cm³/mol. The minimum absolute atomic E-state index is 0.0463. The van der Waals surface area contributed by atoms with Crippen molar-refractivity contribution >= 4 is 16.3 Å². The number of nitrogens with zero attached hydrogens (tertiary/aromatic N) is 2. The Morgan fingerprint density at radius 3 is 2.54 bits per heavy atom. The minimum Gasteiger partial charge on any atom is -0.298 e. The molecule has 24 heavy (non-hydrogen) atoms. The van der Waals surface area contributed by atoms with Gasteiger partial charge in [-0.25, -0.2) is 16.8 Å². The molecule has 122 valence electrons. The molecular formula is C17H13FN2O3S. The van der Waals surface area contributed by atoms with Crippen molar-refractivity contribution in [2.75, 3.05) is 0 Å². The van der Waals surface area contributed by atoms with Gasteiger partial charge in [0.25, 0.3) is 10.0 Å². The summed E-state index contributed by atoms with van der Waals surface area (Å²) in [6, 6.07) is 8.71. The van der Waals surface area contributed by atoms with Crippen LogP contribution in [0.1, 0.15) is 15.9 Å². The van der Waals surface area contributed by atoms with Gasteiger partial charge in [0.15, 0.2) is 6.29 Å². The molecule has 0 bridgehead atoms. The number of aromatic nitrogens is 2. The Balaban J connectivity index is 2.34. The van der Waals surface area contributed by atoms with E-state index in [4.69, 9.17) is 0 Å². The lowest BCUT2D eigenvalue weighted by atomic mass is 10.1. The summed E-state index contributed by atoms with van der Waals surface area (Å²) in [5.41, 5.74) is 0.804. The third-order valence-corrected chi connectivity index (χ3v) is 5.36. The van der Waals surface area contributed by atoms with Crippen molar-refractivity contribution in [1.82, 2.24) is 8.96 Å². The zero-order chi connectivity index (χ0) is 17.3. The van der Waals surface area contributed by atoms with Gasteiger partial charge in [-0.1, -0.05) is 12.1 Å². The zero-order valence-corrected chi connectivity index (χ0v) is 13.5. The highest BCUT2D eigenvalue weighted by Crippen LogP contribution is 2.32. The van der Waals surface area contributed by atoms with E-state index in [9.17, 15) is 17.6 Å². The highest BCUT2D eigenvalue weighted by Gasteiger charge is 2.25. The molecule has 0 amide bonds. The second-order valence-electron chi connectivity index (χ2n) is 5.15. The van der Waals surface area contributed by atoms with Crippen LogP contribution in [0.15, 0.2) is 59.9 Å². The Labute approximate surface area is 138 Å². The average Bonchev–Trinajstić information content (AvgIpc) is 2.93. The van der Waals surface area contributed by atoms with E-state index >= 15 is 0 Å². The summed E-state index contributed by atoms with van der Waals surface area (Å²) < 4.78 is 41.0. The number of carbonyl (C=O) groups is 1. The molecule has 0 aliphatic rings. The van der Waals surface area contributed by atoms with Gasteiger partial charge in [0.05, 0.1) is 5.69 Å². The first-order chi connectivity index (χ1) is 11.5. The number of carbonyl (C=O) groups excluding carboxylic acids is 1. The Morgan fingerprint density at radius 2 is 1.92 bits per heavy atom. The third kappa shape index (κ3) is 2.52. The maximum Gasteiger partial charge on any atom is 0.269 e. The van der Waals surface area contributed by atoms with Crippen LogP contribution < -0.4 is 0 Å². The van der Waals surface area contributed by atoms with Crippen LogP contribution in [-0.4, -0.2) is 23.7 Å². The minimum atomic E-state index is -4.02. The Morgan fingerprint density at radius 1 is 1.17 bits per heavy atom. The van der Waals surface area contributed by atoms with Gasteiger partial charge in [-0.05, 0) is 36.8 Å². The monoisotopic (exact) mass is 344 g/mol. The summed E-state index contributed by atoms with van der Waals surface area (Å²) in [6.45, 7) is 1.58. The molecule has 0 radical (unpaired) electrons. The van der Waals surface area contributed by atoms with Gasteiger partial charge in [0.1, 0.15) is 10.7 Å². The van der Waals surface area contributed by atoms with E-state index in [-0.39, 0.29) is 21.7 Å². The molecule has 7 heteroatoms. The van der Waals surface area contributed by atoms with Gasteiger partial charge in [0, 0.05) is 29.7 Å². The van der Waals surface area contributed by atoms with Crippen LogP contribution in [0.25, 0.3) is 11.3 Å². The summed E-state index contributed by atoms with van der Waals surface area (Å²) in [5, 5.41) is 0. The summed E-state index contributed by atoms with van der Waals surface area (Å²) in [7, 11) is -4.02. The normalized spacial score (nSPS) is 11.4. The van der Waals surface area contributed by atoms with Crippen LogP contribution in [0.4, 0.5) is 4.39 Å². The first-order valence-electron chi connectivity index (χ1n) is 7.04. The summed E-state index contributed by atoms with van der Waals surface area (Å²) in [6.07, 6.45) is 4.41. The van der Waals surface area contributed by atoms with Crippen molar-refractivity contribution in [2.45, 2.75) is 11.8 Å². The number of hydrogen-bond acceptors (Lipinski definition) is 4. The maximum absolute atomic E-state index is 14.2. The summed E-state index contributed by atoms with van der Waals surface area (Å²) >= 11 is 0. The smallest absolute Gasteiger partial charge is 0.269 e. The Kier molecular flexibility index (Phi) is 4.02. The number of pyridine rings is 1. The molecule has 1 aromatic carbocycles. The van der Waals surface area contributed by atoms with Crippen molar-refractivity contribution in [2.24, 2.45) is 0 Å². The van der Waals surface area contributed by atoms with Crippen LogP contribution in [0.3, 0.4) is 0 Å². The highest BCUT2D eigenvalue weighted by atomic mass is 32.2. The van der Waals surface area contributed by atoms with Gasteiger partial charge in [-0.2, -0.15) is 0 Å². The fourth-order valence-corrected chi connectivity index (χ4v) is 3.89. The molecule has 2 heterocycles.